The second-order valence-electron chi connectivity index (χ2n) is 6.20. The highest BCUT2D eigenvalue weighted by Crippen LogP contribution is 2.41. The Morgan fingerprint density at radius 1 is 1.16 bits per heavy atom. The first-order chi connectivity index (χ1) is 8.97. The van der Waals surface area contributed by atoms with Gasteiger partial charge in [-0.05, 0) is 36.9 Å². The molecule has 106 valence electrons. The van der Waals surface area contributed by atoms with Gasteiger partial charge in [0.05, 0.1) is 14.2 Å². The summed E-state index contributed by atoms with van der Waals surface area (Å²) in [4.78, 5) is 0. The van der Waals surface area contributed by atoms with Gasteiger partial charge in [-0.1, -0.05) is 20.8 Å². The van der Waals surface area contributed by atoms with Gasteiger partial charge in [-0.2, -0.15) is 0 Å². The number of ether oxygens (including phenoxy) is 2. The molecule has 1 fully saturated rings. The number of nitrogens with one attached hydrogen (secondary N) is 1. The Balaban J connectivity index is 2.56. The molecule has 0 spiro atoms. The van der Waals surface area contributed by atoms with Crippen LogP contribution in [-0.2, 0) is 5.41 Å². The summed E-state index contributed by atoms with van der Waals surface area (Å²) in [6.07, 6.45) is 2.38. The molecule has 1 aliphatic rings. The zero-order valence-electron chi connectivity index (χ0n) is 12.7. The van der Waals surface area contributed by atoms with E-state index in [2.05, 4.69) is 38.2 Å². The van der Waals surface area contributed by atoms with E-state index in [1.807, 2.05) is 0 Å². The van der Waals surface area contributed by atoms with Crippen LogP contribution >= 0.6 is 0 Å². The molecular weight excluding hydrogens is 238 g/mol. The van der Waals surface area contributed by atoms with Gasteiger partial charge in [-0.3, -0.25) is 0 Å². The van der Waals surface area contributed by atoms with E-state index < -0.39 is 0 Å². The highest BCUT2D eigenvalue weighted by Gasteiger charge is 2.27. The summed E-state index contributed by atoms with van der Waals surface area (Å²) in [5.74, 6) is 1.92. The standard InChI is InChI=1S/C16H25NO2/c1-16(2,3)13-10-11(18-4)9-12(15(13)19-5)14-7-6-8-17-14/h9-10,14,17H,6-8H2,1-5H3. The number of rotatable bonds is 3. The van der Waals surface area contributed by atoms with Crippen LogP contribution in [0.2, 0.25) is 0 Å². The first-order valence-corrected chi connectivity index (χ1v) is 6.97. The lowest BCUT2D eigenvalue weighted by molar-refractivity contribution is 0.377. The lowest BCUT2D eigenvalue weighted by Crippen LogP contribution is -2.18. The summed E-state index contributed by atoms with van der Waals surface area (Å²) >= 11 is 0. The number of benzene rings is 1. The van der Waals surface area contributed by atoms with Gasteiger partial charge in [0.1, 0.15) is 11.5 Å². The summed E-state index contributed by atoms with van der Waals surface area (Å²) in [7, 11) is 3.48. The molecular formula is C16H25NO2. The first kappa shape index (κ1) is 14.2. The van der Waals surface area contributed by atoms with E-state index in [0.717, 1.165) is 24.5 Å². The van der Waals surface area contributed by atoms with Crippen LogP contribution < -0.4 is 14.8 Å². The van der Waals surface area contributed by atoms with Crippen molar-refractivity contribution in [2.45, 2.75) is 45.1 Å². The van der Waals surface area contributed by atoms with Crippen molar-refractivity contribution in [1.82, 2.24) is 5.32 Å². The van der Waals surface area contributed by atoms with Gasteiger partial charge in [0.15, 0.2) is 0 Å². The van der Waals surface area contributed by atoms with Gasteiger partial charge in [0.2, 0.25) is 0 Å². The van der Waals surface area contributed by atoms with Crippen molar-refractivity contribution in [2.24, 2.45) is 0 Å². The molecule has 0 amide bonds. The predicted octanol–water partition coefficient (Wildman–Crippen LogP) is 3.43. The third-order valence-electron chi connectivity index (χ3n) is 3.77. The minimum Gasteiger partial charge on any atom is -0.497 e. The molecule has 19 heavy (non-hydrogen) atoms. The molecule has 1 saturated heterocycles. The third kappa shape index (κ3) is 2.86. The molecule has 3 nitrogen and oxygen atoms in total. The van der Waals surface area contributed by atoms with Crippen molar-refractivity contribution in [2.75, 3.05) is 20.8 Å². The van der Waals surface area contributed by atoms with E-state index in [9.17, 15) is 0 Å². The van der Waals surface area contributed by atoms with Gasteiger partial charge in [-0.25, -0.2) is 0 Å². The maximum absolute atomic E-state index is 5.72. The van der Waals surface area contributed by atoms with Crippen LogP contribution in [0.3, 0.4) is 0 Å². The van der Waals surface area contributed by atoms with Gasteiger partial charge < -0.3 is 14.8 Å². The van der Waals surface area contributed by atoms with Gasteiger partial charge in [-0.15, -0.1) is 0 Å². The lowest BCUT2D eigenvalue weighted by atomic mass is 9.84. The Kier molecular flexibility index (Phi) is 4.04. The maximum Gasteiger partial charge on any atom is 0.127 e. The summed E-state index contributed by atoms with van der Waals surface area (Å²) in [5.41, 5.74) is 2.47. The minimum absolute atomic E-state index is 0.0350. The topological polar surface area (TPSA) is 30.5 Å². The van der Waals surface area contributed by atoms with Crippen molar-refractivity contribution in [1.29, 1.82) is 0 Å². The molecule has 0 aliphatic carbocycles. The fourth-order valence-electron chi connectivity index (χ4n) is 2.74. The summed E-state index contributed by atoms with van der Waals surface area (Å²) in [5, 5.41) is 3.54. The second kappa shape index (κ2) is 5.41. The van der Waals surface area contributed by atoms with Crippen LogP contribution in [0, 0.1) is 0 Å². The minimum atomic E-state index is 0.0350. The number of hydrogen-bond acceptors (Lipinski definition) is 3. The predicted molar refractivity (Wildman–Crippen MR) is 78.2 cm³/mol. The van der Waals surface area contributed by atoms with Crippen molar-refractivity contribution in [3.63, 3.8) is 0 Å². The van der Waals surface area contributed by atoms with Crippen LogP contribution in [0.25, 0.3) is 0 Å². The van der Waals surface area contributed by atoms with Crippen LogP contribution in [0.1, 0.15) is 50.8 Å². The van der Waals surface area contributed by atoms with Crippen molar-refractivity contribution in [3.8, 4) is 11.5 Å². The summed E-state index contributed by atoms with van der Waals surface area (Å²) in [6, 6.07) is 4.58. The fraction of sp³-hybridized carbons (Fsp3) is 0.625. The van der Waals surface area contributed by atoms with E-state index >= 15 is 0 Å². The lowest BCUT2D eigenvalue weighted by Gasteiger charge is -2.26. The van der Waals surface area contributed by atoms with E-state index in [4.69, 9.17) is 9.47 Å². The summed E-state index contributed by atoms with van der Waals surface area (Å²) in [6.45, 7) is 7.69. The van der Waals surface area contributed by atoms with E-state index in [0.29, 0.717) is 6.04 Å². The fourth-order valence-corrected chi connectivity index (χ4v) is 2.74. The maximum atomic E-state index is 5.72. The summed E-state index contributed by atoms with van der Waals surface area (Å²) < 4.78 is 11.2. The number of hydrogen-bond donors (Lipinski definition) is 1. The highest BCUT2D eigenvalue weighted by atomic mass is 16.5. The zero-order valence-corrected chi connectivity index (χ0v) is 12.7. The molecule has 1 unspecified atom stereocenters. The van der Waals surface area contributed by atoms with Crippen molar-refractivity contribution < 1.29 is 9.47 Å². The number of methoxy groups -OCH3 is 2. The van der Waals surface area contributed by atoms with Crippen LogP contribution in [0.4, 0.5) is 0 Å². The first-order valence-electron chi connectivity index (χ1n) is 6.97. The van der Waals surface area contributed by atoms with Crippen LogP contribution in [0.15, 0.2) is 12.1 Å². The molecule has 0 aromatic heterocycles. The molecule has 2 rings (SSSR count). The van der Waals surface area contributed by atoms with Crippen molar-refractivity contribution in [3.05, 3.63) is 23.3 Å². The third-order valence-corrected chi connectivity index (χ3v) is 3.77. The molecule has 3 heteroatoms. The quantitative estimate of drug-likeness (QED) is 0.906. The average Bonchev–Trinajstić information content (AvgIpc) is 2.89. The second-order valence-corrected chi connectivity index (χ2v) is 6.20. The van der Waals surface area contributed by atoms with Crippen LogP contribution in [0.5, 0.6) is 11.5 Å². The molecule has 1 atom stereocenters. The largest absolute Gasteiger partial charge is 0.497 e. The van der Waals surface area contributed by atoms with Crippen LogP contribution in [-0.4, -0.2) is 20.8 Å². The SMILES string of the molecule is COc1cc(C2CCCN2)c(OC)c(C(C)(C)C)c1. The molecule has 1 heterocycles. The molecule has 1 aromatic rings. The molecule has 0 radical (unpaired) electrons. The zero-order chi connectivity index (χ0) is 14.0. The Morgan fingerprint density at radius 2 is 1.89 bits per heavy atom. The Bertz CT molecular complexity index is 443. The monoisotopic (exact) mass is 263 g/mol. The molecule has 1 aliphatic heterocycles. The normalized spacial score (nSPS) is 19.5. The smallest absolute Gasteiger partial charge is 0.127 e. The van der Waals surface area contributed by atoms with E-state index in [-0.39, 0.29) is 5.41 Å². The van der Waals surface area contributed by atoms with Gasteiger partial charge in [0, 0.05) is 17.2 Å². The van der Waals surface area contributed by atoms with Gasteiger partial charge >= 0.3 is 0 Å². The molecule has 1 N–H and O–H groups in total. The van der Waals surface area contributed by atoms with E-state index in [1.165, 1.54) is 17.5 Å². The highest BCUT2D eigenvalue weighted by molar-refractivity contribution is 5.51. The Labute approximate surface area is 116 Å². The van der Waals surface area contributed by atoms with Crippen molar-refractivity contribution >= 4 is 0 Å². The Hall–Kier alpha value is -1.22. The van der Waals surface area contributed by atoms with Gasteiger partial charge in [0.25, 0.3) is 0 Å². The van der Waals surface area contributed by atoms with E-state index in [1.54, 1.807) is 14.2 Å². The average molecular weight is 263 g/mol. The molecule has 1 aromatic carbocycles. The molecule has 0 bridgehead atoms. The molecule has 0 saturated carbocycles. The Morgan fingerprint density at radius 3 is 2.37 bits per heavy atom.